The number of nitrogens with one attached hydrogen (secondary N) is 1. The van der Waals surface area contributed by atoms with Gasteiger partial charge in [0.25, 0.3) is 5.91 Å². The summed E-state index contributed by atoms with van der Waals surface area (Å²) in [4.78, 5) is 19.3. The molecule has 1 fully saturated rings. The van der Waals surface area contributed by atoms with E-state index in [1.54, 1.807) is 6.20 Å². The zero-order valence-electron chi connectivity index (χ0n) is 13.6. The van der Waals surface area contributed by atoms with Crippen LogP contribution in [0.3, 0.4) is 0 Å². The molecule has 1 aliphatic heterocycles. The molecule has 1 amide bonds. The highest BCUT2D eigenvalue weighted by molar-refractivity contribution is 5.99. The molecule has 4 nitrogen and oxygen atoms in total. The first kappa shape index (κ1) is 15.8. The third-order valence-corrected chi connectivity index (χ3v) is 4.26. The van der Waals surface area contributed by atoms with E-state index in [1.165, 1.54) is 6.42 Å². The first-order chi connectivity index (χ1) is 10.0. The average molecular weight is 289 g/mol. The van der Waals surface area contributed by atoms with Crippen molar-refractivity contribution >= 4 is 11.6 Å². The van der Waals surface area contributed by atoms with Crippen molar-refractivity contribution in [1.82, 2.24) is 9.88 Å². The molecule has 0 radical (unpaired) electrons. The Hall–Kier alpha value is -1.58. The standard InChI is InChI=1S/C17H27N3O/c1-5-9-18-16-10-12(2)19-11-15(16)17(21)20-13(3)7-6-8-14(20)4/h10-11,13-14H,5-9H2,1-4H3,(H,18,19). The van der Waals surface area contributed by atoms with Crippen LogP contribution in [0, 0.1) is 6.92 Å². The number of rotatable bonds is 4. The van der Waals surface area contributed by atoms with Crippen molar-refractivity contribution in [2.24, 2.45) is 0 Å². The molecule has 2 unspecified atom stereocenters. The van der Waals surface area contributed by atoms with E-state index in [0.29, 0.717) is 17.6 Å². The van der Waals surface area contributed by atoms with Gasteiger partial charge in [-0.05, 0) is 52.5 Å². The van der Waals surface area contributed by atoms with Crippen LogP contribution >= 0.6 is 0 Å². The van der Waals surface area contributed by atoms with Crippen LogP contribution in [0.25, 0.3) is 0 Å². The fraction of sp³-hybridized carbons (Fsp3) is 0.647. The van der Waals surface area contributed by atoms with Crippen molar-refractivity contribution in [1.29, 1.82) is 0 Å². The summed E-state index contributed by atoms with van der Waals surface area (Å²) >= 11 is 0. The number of amides is 1. The van der Waals surface area contributed by atoms with Crippen molar-refractivity contribution < 1.29 is 4.79 Å². The maximum atomic E-state index is 13.0. The Kier molecular flexibility index (Phi) is 5.21. The highest BCUT2D eigenvalue weighted by atomic mass is 16.2. The predicted octanol–water partition coefficient (Wildman–Crippen LogP) is 3.62. The van der Waals surface area contributed by atoms with Crippen molar-refractivity contribution in [2.45, 2.75) is 65.5 Å². The number of likely N-dealkylation sites (tertiary alicyclic amines) is 1. The van der Waals surface area contributed by atoms with E-state index in [2.05, 4.69) is 31.1 Å². The molecule has 0 aromatic carbocycles. The van der Waals surface area contributed by atoms with Gasteiger partial charge in [0, 0.05) is 30.5 Å². The summed E-state index contributed by atoms with van der Waals surface area (Å²) in [6, 6.07) is 2.59. The maximum Gasteiger partial charge on any atom is 0.258 e. The van der Waals surface area contributed by atoms with Crippen molar-refractivity contribution in [3.63, 3.8) is 0 Å². The molecule has 1 N–H and O–H groups in total. The van der Waals surface area contributed by atoms with E-state index in [0.717, 1.165) is 37.2 Å². The maximum absolute atomic E-state index is 13.0. The Bertz CT molecular complexity index is 491. The van der Waals surface area contributed by atoms with Gasteiger partial charge >= 0.3 is 0 Å². The number of hydrogen-bond acceptors (Lipinski definition) is 3. The van der Waals surface area contributed by atoms with E-state index in [1.807, 2.05) is 17.9 Å². The van der Waals surface area contributed by atoms with Gasteiger partial charge in [0.1, 0.15) is 0 Å². The van der Waals surface area contributed by atoms with Crippen LogP contribution in [0.15, 0.2) is 12.3 Å². The van der Waals surface area contributed by atoms with Gasteiger partial charge in [-0.2, -0.15) is 0 Å². The number of piperidine rings is 1. The number of carbonyl (C=O) groups is 1. The number of anilines is 1. The molecule has 2 rings (SSSR count). The minimum absolute atomic E-state index is 0.112. The smallest absolute Gasteiger partial charge is 0.258 e. The molecule has 0 spiro atoms. The lowest BCUT2D eigenvalue weighted by Crippen LogP contribution is -2.47. The molecule has 1 aromatic heterocycles. The van der Waals surface area contributed by atoms with Gasteiger partial charge in [0.2, 0.25) is 0 Å². The van der Waals surface area contributed by atoms with Crippen LogP contribution in [-0.4, -0.2) is 34.4 Å². The van der Waals surface area contributed by atoms with Crippen LogP contribution < -0.4 is 5.32 Å². The SMILES string of the molecule is CCCNc1cc(C)ncc1C(=O)N1C(C)CCCC1C. The van der Waals surface area contributed by atoms with Crippen molar-refractivity contribution in [3.05, 3.63) is 23.5 Å². The summed E-state index contributed by atoms with van der Waals surface area (Å²) in [5.41, 5.74) is 2.55. The lowest BCUT2D eigenvalue weighted by Gasteiger charge is -2.39. The van der Waals surface area contributed by atoms with Gasteiger partial charge in [0.15, 0.2) is 0 Å². The van der Waals surface area contributed by atoms with E-state index in [9.17, 15) is 4.79 Å². The van der Waals surface area contributed by atoms with E-state index in [4.69, 9.17) is 0 Å². The molecule has 0 bridgehead atoms. The average Bonchev–Trinajstić information content (AvgIpc) is 2.44. The van der Waals surface area contributed by atoms with Gasteiger partial charge in [0.05, 0.1) is 11.3 Å². The first-order valence-corrected chi connectivity index (χ1v) is 8.07. The summed E-state index contributed by atoms with van der Waals surface area (Å²) < 4.78 is 0. The Morgan fingerprint density at radius 3 is 2.67 bits per heavy atom. The zero-order chi connectivity index (χ0) is 15.4. The van der Waals surface area contributed by atoms with Gasteiger partial charge in [-0.15, -0.1) is 0 Å². The molecule has 116 valence electrons. The van der Waals surface area contributed by atoms with E-state index >= 15 is 0 Å². The van der Waals surface area contributed by atoms with E-state index in [-0.39, 0.29) is 5.91 Å². The third-order valence-electron chi connectivity index (χ3n) is 4.26. The number of carbonyl (C=O) groups excluding carboxylic acids is 1. The first-order valence-electron chi connectivity index (χ1n) is 8.07. The minimum Gasteiger partial charge on any atom is -0.384 e. The van der Waals surface area contributed by atoms with Gasteiger partial charge in [-0.25, -0.2) is 0 Å². The molecule has 2 heterocycles. The van der Waals surface area contributed by atoms with Crippen LogP contribution in [-0.2, 0) is 0 Å². The molecule has 2 atom stereocenters. The van der Waals surface area contributed by atoms with Crippen LogP contribution in [0.5, 0.6) is 0 Å². The summed E-state index contributed by atoms with van der Waals surface area (Å²) in [5, 5.41) is 3.37. The van der Waals surface area contributed by atoms with Crippen molar-refractivity contribution in [3.8, 4) is 0 Å². The summed E-state index contributed by atoms with van der Waals surface area (Å²) in [6.07, 6.45) is 6.15. The van der Waals surface area contributed by atoms with E-state index < -0.39 is 0 Å². The lowest BCUT2D eigenvalue weighted by atomic mass is 9.96. The quantitative estimate of drug-likeness (QED) is 0.921. The lowest BCUT2D eigenvalue weighted by molar-refractivity contribution is 0.0511. The monoisotopic (exact) mass is 289 g/mol. The molecule has 0 saturated carbocycles. The Balaban J connectivity index is 2.29. The number of aryl methyl sites for hydroxylation is 1. The molecule has 21 heavy (non-hydrogen) atoms. The zero-order valence-corrected chi connectivity index (χ0v) is 13.6. The van der Waals surface area contributed by atoms with Gasteiger partial charge in [-0.1, -0.05) is 6.92 Å². The second-order valence-corrected chi connectivity index (χ2v) is 6.14. The van der Waals surface area contributed by atoms with Crippen LogP contribution in [0.4, 0.5) is 5.69 Å². The number of nitrogens with zero attached hydrogens (tertiary/aromatic N) is 2. The molecular weight excluding hydrogens is 262 g/mol. The molecule has 0 aliphatic carbocycles. The molecule has 1 saturated heterocycles. The molecular formula is C17H27N3O. The third kappa shape index (κ3) is 3.55. The Morgan fingerprint density at radius 2 is 2.05 bits per heavy atom. The van der Waals surface area contributed by atoms with Gasteiger partial charge in [-0.3, -0.25) is 9.78 Å². The predicted molar refractivity (Wildman–Crippen MR) is 86.7 cm³/mol. The number of hydrogen-bond donors (Lipinski definition) is 1. The summed E-state index contributed by atoms with van der Waals surface area (Å²) in [7, 11) is 0. The Morgan fingerprint density at radius 1 is 1.38 bits per heavy atom. The highest BCUT2D eigenvalue weighted by Crippen LogP contribution is 2.27. The van der Waals surface area contributed by atoms with Crippen LogP contribution in [0.1, 0.15) is 62.5 Å². The number of pyridine rings is 1. The summed E-state index contributed by atoms with van der Waals surface area (Å²) in [6.45, 7) is 9.24. The highest BCUT2D eigenvalue weighted by Gasteiger charge is 2.30. The number of aromatic nitrogens is 1. The molecule has 1 aromatic rings. The second kappa shape index (κ2) is 6.92. The topological polar surface area (TPSA) is 45.2 Å². The minimum atomic E-state index is 0.112. The normalized spacial score (nSPS) is 22.2. The van der Waals surface area contributed by atoms with Crippen LogP contribution in [0.2, 0.25) is 0 Å². The Labute approximate surface area is 127 Å². The fourth-order valence-corrected chi connectivity index (χ4v) is 3.10. The molecule has 4 heteroatoms. The molecule has 1 aliphatic rings. The second-order valence-electron chi connectivity index (χ2n) is 6.14. The summed E-state index contributed by atoms with van der Waals surface area (Å²) in [5.74, 6) is 0.112. The fourth-order valence-electron chi connectivity index (χ4n) is 3.10. The van der Waals surface area contributed by atoms with Gasteiger partial charge < -0.3 is 10.2 Å². The van der Waals surface area contributed by atoms with Crippen molar-refractivity contribution in [2.75, 3.05) is 11.9 Å². The largest absolute Gasteiger partial charge is 0.384 e.